The van der Waals surface area contributed by atoms with Gasteiger partial charge in [-0.2, -0.15) is 0 Å². The molecule has 0 heterocycles. The Morgan fingerprint density at radius 1 is 1.41 bits per heavy atom. The number of hydrogen-bond donors (Lipinski definition) is 1. The Morgan fingerprint density at radius 2 is 2.06 bits per heavy atom. The lowest BCUT2D eigenvalue weighted by atomic mass is 9.65. The second-order valence-electron chi connectivity index (χ2n) is 6.59. The van der Waals surface area contributed by atoms with Crippen molar-refractivity contribution in [3.63, 3.8) is 0 Å². The van der Waals surface area contributed by atoms with Gasteiger partial charge in [0.1, 0.15) is 0 Å². The minimum Gasteiger partial charge on any atom is -0.353 e. The van der Waals surface area contributed by atoms with Crippen LogP contribution in [-0.2, 0) is 4.79 Å². The van der Waals surface area contributed by atoms with E-state index in [0.717, 1.165) is 18.8 Å². The summed E-state index contributed by atoms with van der Waals surface area (Å²) in [5.74, 6) is 1.69. The van der Waals surface area contributed by atoms with Crippen LogP contribution in [0.1, 0.15) is 66.7 Å². The minimum atomic E-state index is -0.137. The number of nitrogens with one attached hydrogen (secondary N) is 1. The van der Waals surface area contributed by atoms with E-state index in [1.54, 1.807) is 0 Å². The van der Waals surface area contributed by atoms with Crippen LogP contribution in [0.15, 0.2) is 0 Å². The van der Waals surface area contributed by atoms with Crippen LogP contribution in [0.4, 0.5) is 0 Å². The standard InChI is InChI=1S/C15H29NO/c1-6-7-13-8-12(4)9-15(5,10-13)14(17)16-11(2)3/h11-13H,6-10H2,1-5H3,(H,16,17). The Morgan fingerprint density at radius 3 is 2.59 bits per heavy atom. The molecule has 0 aromatic heterocycles. The van der Waals surface area contributed by atoms with Gasteiger partial charge in [-0.05, 0) is 44.9 Å². The fourth-order valence-corrected chi connectivity index (χ4v) is 3.48. The van der Waals surface area contributed by atoms with Crippen molar-refractivity contribution >= 4 is 5.91 Å². The van der Waals surface area contributed by atoms with Crippen LogP contribution in [0.5, 0.6) is 0 Å². The fraction of sp³-hybridized carbons (Fsp3) is 0.933. The van der Waals surface area contributed by atoms with E-state index in [0.29, 0.717) is 5.92 Å². The van der Waals surface area contributed by atoms with E-state index in [1.165, 1.54) is 19.3 Å². The van der Waals surface area contributed by atoms with Gasteiger partial charge in [0.25, 0.3) is 0 Å². The first-order valence-corrected chi connectivity index (χ1v) is 7.18. The molecule has 2 heteroatoms. The molecule has 17 heavy (non-hydrogen) atoms. The molecule has 1 fully saturated rings. The third-order valence-electron chi connectivity index (χ3n) is 3.94. The van der Waals surface area contributed by atoms with Crippen LogP contribution >= 0.6 is 0 Å². The average Bonchev–Trinajstić information content (AvgIpc) is 2.15. The molecular formula is C15H29NO. The van der Waals surface area contributed by atoms with Crippen LogP contribution in [0, 0.1) is 17.3 Å². The van der Waals surface area contributed by atoms with Gasteiger partial charge in [-0.25, -0.2) is 0 Å². The third-order valence-corrected chi connectivity index (χ3v) is 3.94. The van der Waals surface area contributed by atoms with Gasteiger partial charge < -0.3 is 5.32 Å². The van der Waals surface area contributed by atoms with E-state index in [9.17, 15) is 4.79 Å². The zero-order valence-corrected chi connectivity index (χ0v) is 12.2. The summed E-state index contributed by atoms with van der Waals surface area (Å²) in [6, 6.07) is 0.251. The molecule has 0 aliphatic heterocycles. The Labute approximate surface area is 107 Å². The summed E-state index contributed by atoms with van der Waals surface area (Å²) >= 11 is 0. The predicted octanol–water partition coefficient (Wildman–Crippen LogP) is 3.75. The Bertz CT molecular complexity index is 262. The second-order valence-corrected chi connectivity index (χ2v) is 6.59. The lowest BCUT2D eigenvalue weighted by molar-refractivity contribution is -0.134. The molecule has 1 N–H and O–H groups in total. The van der Waals surface area contributed by atoms with Gasteiger partial charge in [-0.1, -0.05) is 33.6 Å². The Balaban J connectivity index is 2.69. The minimum absolute atomic E-state index is 0.137. The number of carbonyl (C=O) groups is 1. The monoisotopic (exact) mass is 239 g/mol. The van der Waals surface area contributed by atoms with Gasteiger partial charge in [0.05, 0.1) is 0 Å². The average molecular weight is 239 g/mol. The van der Waals surface area contributed by atoms with Crippen LogP contribution in [0.3, 0.4) is 0 Å². The predicted molar refractivity (Wildman–Crippen MR) is 72.8 cm³/mol. The van der Waals surface area contributed by atoms with Gasteiger partial charge >= 0.3 is 0 Å². The molecule has 3 atom stereocenters. The van der Waals surface area contributed by atoms with E-state index in [2.05, 4.69) is 26.1 Å². The molecule has 3 unspecified atom stereocenters. The summed E-state index contributed by atoms with van der Waals surface area (Å²) < 4.78 is 0. The summed E-state index contributed by atoms with van der Waals surface area (Å²) in [5.41, 5.74) is -0.137. The van der Waals surface area contributed by atoms with Crippen molar-refractivity contribution in [2.75, 3.05) is 0 Å². The molecule has 0 saturated heterocycles. The van der Waals surface area contributed by atoms with Crippen molar-refractivity contribution < 1.29 is 4.79 Å². The van der Waals surface area contributed by atoms with E-state index < -0.39 is 0 Å². The highest BCUT2D eigenvalue weighted by Gasteiger charge is 2.40. The lowest BCUT2D eigenvalue weighted by Gasteiger charge is -2.40. The largest absolute Gasteiger partial charge is 0.353 e. The zero-order chi connectivity index (χ0) is 13.1. The topological polar surface area (TPSA) is 29.1 Å². The Hall–Kier alpha value is -0.530. The van der Waals surface area contributed by atoms with Crippen molar-refractivity contribution in [1.82, 2.24) is 5.32 Å². The molecule has 2 nitrogen and oxygen atoms in total. The normalized spacial score (nSPS) is 33.8. The van der Waals surface area contributed by atoms with Crippen molar-refractivity contribution in [2.45, 2.75) is 72.8 Å². The van der Waals surface area contributed by atoms with E-state index >= 15 is 0 Å². The number of hydrogen-bond acceptors (Lipinski definition) is 1. The second kappa shape index (κ2) is 5.88. The maximum Gasteiger partial charge on any atom is 0.226 e. The number of rotatable bonds is 4. The summed E-state index contributed by atoms with van der Waals surface area (Å²) in [5, 5.41) is 3.10. The molecule has 100 valence electrons. The number of carbonyl (C=O) groups excluding carboxylic acids is 1. The maximum atomic E-state index is 12.3. The van der Waals surface area contributed by atoms with E-state index in [4.69, 9.17) is 0 Å². The van der Waals surface area contributed by atoms with Gasteiger partial charge in [-0.3, -0.25) is 4.79 Å². The molecule has 1 amide bonds. The summed E-state index contributed by atoms with van der Waals surface area (Å²) in [4.78, 5) is 12.3. The highest BCUT2D eigenvalue weighted by molar-refractivity contribution is 5.82. The molecule has 1 rings (SSSR count). The van der Waals surface area contributed by atoms with Crippen molar-refractivity contribution in [3.8, 4) is 0 Å². The van der Waals surface area contributed by atoms with Crippen LogP contribution in [0.2, 0.25) is 0 Å². The molecule has 0 aromatic carbocycles. The molecule has 1 aliphatic carbocycles. The van der Waals surface area contributed by atoms with Gasteiger partial charge in [0.2, 0.25) is 5.91 Å². The SMILES string of the molecule is CCCC1CC(C)CC(C)(C(=O)NC(C)C)C1. The first kappa shape index (κ1) is 14.5. The summed E-state index contributed by atoms with van der Waals surface area (Å²) in [6.07, 6.45) is 5.93. The van der Waals surface area contributed by atoms with E-state index in [1.807, 2.05) is 13.8 Å². The van der Waals surface area contributed by atoms with Crippen molar-refractivity contribution in [3.05, 3.63) is 0 Å². The van der Waals surface area contributed by atoms with Crippen LogP contribution in [0.25, 0.3) is 0 Å². The smallest absolute Gasteiger partial charge is 0.226 e. The quantitative estimate of drug-likeness (QED) is 0.795. The van der Waals surface area contributed by atoms with Crippen molar-refractivity contribution in [2.24, 2.45) is 17.3 Å². The Kier molecular flexibility index (Phi) is 5.03. The summed E-state index contributed by atoms with van der Waals surface area (Å²) in [7, 11) is 0. The zero-order valence-electron chi connectivity index (χ0n) is 12.2. The summed E-state index contributed by atoms with van der Waals surface area (Å²) in [6.45, 7) is 10.8. The van der Waals surface area contributed by atoms with Gasteiger partial charge in [0.15, 0.2) is 0 Å². The molecule has 0 aromatic rings. The first-order chi connectivity index (χ1) is 7.87. The molecule has 0 spiro atoms. The highest BCUT2D eigenvalue weighted by atomic mass is 16.2. The van der Waals surface area contributed by atoms with Crippen LogP contribution in [-0.4, -0.2) is 11.9 Å². The van der Waals surface area contributed by atoms with Gasteiger partial charge in [0, 0.05) is 11.5 Å². The number of amides is 1. The molecule has 0 radical (unpaired) electrons. The third kappa shape index (κ3) is 4.01. The fourth-order valence-electron chi connectivity index (χ4n) is 3.48. The molecular weight excluding hydrogens is 210 g/mol. The van der Waals surface area contributed by atoms with E-state index in [-0.39, 0.29) is 17.4 Å². The van der Waals surface area contributed by atoms with Crippen molar-refractivity contribution in [1.29, 1.82) is 0 Å². The van der Waals surface area contributed by atoms with Gasteiger partial charge in [-0.15, -0.1) is 0 Å². The lowest BCUT2D eigenvalue weighted by Crippen LogP contribution is -2.46. The van der Waals surface area contributed by atoms with Crippen LogP contribution < -0.4 is 5.32 Å². The molecule has 0 bridgehead atoms. The molecule has 1 aliphatic rings. The maximum absolute atomic E-state index is 12.3. The highest BCUT2D eigenvalue weighted by Crippen LogP contribution is 2.43. The molecule has 1 saturated carbocycles. The first-order valence-electron chi connectivity index (χ1n) is 7.18.